The highest BCUT2D eigenvalue weighted by molar-refractivity contribution is 9.10. The van der Waals surface area contributed by atoms with Gasteiger partial charge in [-0.15, -0.1) is 11.3 Å². The Labute approximate surface area is 125 Å². The van der Waals surface area contributed by atoms with Gasteiger partial charge in [0, 0.05) is 28.0 Å². The van der Waals surface area contributed by atoms with Gasteiger partial charge in [0.1, 0.15) is 10.7 Å². The molecule has 2 aromatic rings. The standard InChI is InChI=1S/C14H16BrN3S/c1-16-8-9-4-2-6-11-12(9)18-14(19-11)13-10(15)5-3-7-17-13/h3,5,7,9,16H,2,4,6,8H2,1H3. The molecule has 0 fully saturated rings. The number of aryl methyl sites for hydroxylation is 1. The summed E-state index contributed by atoms with van der Waals surface area (Å²) in [6.45, 7) is 1.01. The van der Waals surface area contributed by atoms with Gasteiger partial charge in [-0.05, 0) is 54.4 Å². The van der Waals surface area contributed by atoms with E-state index in [-0.39, 0.29) is 0 Å². The third-order valence-corrected chi connectivity index (χ3v) is 5.26. The number of likely N-dealkylation sites (N-methyl/N-ethyl adjacent to an activating group) is 1. The second-order valence-corrected chi connectivity index (χ2v) is 6.75. The van der Waals surface area contributed by atoms with Crippen LogP contribution in [0.25, 0.3) is 10.7 Å². The molecule has 2 heterocycles. The van der Waals surface area contributed by atoms with Crippen LogP contribution in [0.1, 0.15) is 29.3 Å². The largest absolute Gasteiger partial charge is 0.319 e. The van der Waals surface area contributed by atoms with Crippen LogP contribution < -0.4 is 5.32 Å². The maximum absolute atomic E-state index is 4.87. The van der Waals surface area contributed by atoms with Crippen molar-refractivity contribution in [1.29, 1.82) is 0 Å². The number of hydrogen-bond donors (Lipinski definition) is 1. The summed E-state index contributed by atoms with van der Waals surface area (Å²) in [7, 11) is 2.01. The van der Waals surface area contributed by atoms with Crippen molar-refractivity contribution < 1.29 is 0 Å². The second-order valence-electron chi connectivity index (χ2n) is 4.81. The van der Waals surface area contributed by atoms with Crippen LogP contribution in [0.15, 0.2) is 22.8 Å². The fourth-order valence-corrected chi connectivity index (χ4v) is 4.37. The van der Waals surface area contributed by atoms with Crippen LogP contribution in [0.2, 0.25) is 0 Å². The molecule has 2 aromatic heterocycles. The Morgan fingerprint density at radius 3 is 3.21 bits per heavy atom. The average Bonchev–Trinajstić information content (AvgIpc) is 2.84. The highest BCUT2D eigenvalue weighted by Crippen LogP contribution is 2.38. The molecule has 0 radical (unpaired) electrons. The molecule has 3 rings (SSSR count). The molecule has 100 valence electrons. The molecule has 0 amide bonds. The number of fused-ring (bicyclic) bond motifs is 1. The van der Waals surface area contributed by atoms with Crippen LogP contribution >= 0.6 is 27.3 Å². The minimum absolute atomic E-state index is 0.557. The van der Waals surface area contributed by atoms with Gasteiger partial charge in [-0.3, -0.25) is 4.98 Å². The SMILES string of the molecule is CNCC1CCCc2sc(-c3ncccc3Br)nc21. The highest BCUT2D eigenvalue weighted by Gasteiger charge is 2.25. The molecule has 0 saturated carbocycles. The van der Waals surface area contributed by atoms with E-state index in [0.717, 1.165) is 28.1 Å². The number of pyridine rings is 1. The summed E-state index contributed by atoms with van der Waals surface area (Å²) in [5.74, 6) is 0.557. The van der Waals surface area contributed by atoms with Crippen molar-refractivity contribution in [1.82, 2.24) is 15.3 Å². The third-order valence-electron chi connectivity index (χ3n) is 3.48. The molecule has 1 aliphatic rings. The second kappa shape index (κ2) is 5.69. The van der Waals surface area contributed by atoms with Crippen molar-refractivity contribution in [3.05, 3.63) is 33.4 Å². The Kier molecular flexibility index (Phi) is 3.96. The zero-order chi connectivity index (χ0) is 13.2. The van der Waals surface area contributed by atoms with Crippen LogP contribution in [-0.2, 0) is 6.42 Å². The van der Waals surface area contributed by atoms with E-state index in [9.17, 15) is 0 Å². The summed E-state index contributed by atoms with van der Waals surface area (Å²) in [5.41, 5.74) is 2.25. The first-order chi connectivity index (χ1) is 9.29. The molecule has 0 aromatic carbocycles. The van der Waals surface area contributed by atoms with E-state index in [2.05, 4.69) is 26.2 Å². The molecule has 19 heavy (non-hydrogen) atoms. The molecule has 1 unspecified atom stereocenters. The Bertz CT molecular complexity index is 582. The molecule has 0 spiro atoms. The number of hydrogen-bond acceptors (Lipinski definition) is 4. The number of rotatable bonds is 3. The number of nitrogens with zero attached hydrogens (tertiary/aromatic N) is 2. The molecule has 0 bridgehead atoms. The number of halogens is 1. The predicted octanol–water partition coefficient (Wildman–Crippen LogP) is 3.61. The zero-order valence-corrected chi connectivity index (χ0v) is 13.2. The summed E-state index contributed by atoms with van der Waals surface area (Å²) >= 11 is 5.36. The quantitative estimate of drug-likeness (QED) is 0.929. The monoisotopic (exact) mass is 337 g/mol. The summed E-state index contributed by atoms with van der Waals surface area (Å²) in [6.07, 6.45) is 5.49. The number of aromatic nitrogens is 2. The van der Waals surface area contributed by atoms with Gasteiger partial charge in [-0.25, -0.2) is 4.98 Å². The van der Waals surface area contributed by atoms with Gasteiger partial charge in [0.05, 0.1) is 5.69 Å². The van der Waals surface area contributed by atoms with Crippen molar-refractivity contribution in [3.8, 4) is 10.7 Å². The van der Waals surface area contributed by atoms with Crippen LogP contribution in [0.3, 0.4) is 0 Å². The van der Waals surface area contributed by atoms with Gasteiger partial charge >= 0.3 is 0 Å². The minimum atomic E-state index is 0.557. The van der Waals surface area contributed by atoms with Crippen LogP contribution in [0.5, 0.6) is 0 Å². The summed E-state index contributed by atoms with van der Waals surface area (Å²) in [4.78, 5) is 10.8. The topological polar surface area (TPSA) is 37.8 Å². The Morgan fingerprint density at radius 1 is 1.53 bits per heavy atom. The van der Waals surface area contributed by atoms with Gasteiger partial charge in [0.2, 0.25) is 0 Å². The predicted molar refractivity (Wildman–Crippen MR) is 82.7 cm³/mol. The summed E-state index contributed by atoms with van der Waals surface area (Å²) in [6, 6.07) is 3.96. The molecule has 3 nitrogen and oxygen atoms in total. The third kappa shape index (κ3) is 2.59. The van der Waals surface area contributed by atoms with Crippen molar-refractivity contribution in [3.63, 3.8) is 0 Å². The Morgan fingerprint density at radius 2 is 2.42 bits per heavy atom. The maximum Gasteiger partial charge on any atom is 0.143 e. The molecule has 1 aliphatic carbocycles. The number of thiazole rings is 1. The highest BCUT2D eigenvalue weighted by atomic mass is 79.9. The van der Waals surface area contributed by atoms with Crippen molar-refractivity contribution >= 4 is 27.3 Å². The first kappa shape index (κ1) is 13.2. The van der Waals surface area contributed by atoms with Gasteiger partial charge in [0.25, 0.3) is 0 Å². The molecular weight excluding hydrogens is 322 g/mol. The van der Waals surface area contributed by atoms with Gasteiger partial charge < -0.3 is 5.32 Å². The lowest BCUT2D eigenvalue weighted by Crippen LogP contribution is -2.20. The Balaban J connectivity index is 2.00. The van der Waals surface area contributed by atoms with E-state index in [4.69, 9.17) is 4.98 Å². The summed E-state index contributed by atoms with van der Waals surface area (Å²) in [5, 5.41) is 4.32. The Hall–Kier alpha value is -0.780. The molecule has 1 atom stereocenters. The van der Waals surface area contributed by atoms with E-state index in [0.29, 0.717) is 5.92 Å². The lowest BCUT2D eigenvalue weighted by molar-refractivity contribution is 0.523. The van der Waals surface area contributed by atoms with E-state index in [1.807, 2.05) is 25.4 Å². The molecular formula is C14H16BrN3S. The van der Waals surface area contributed by atoms with E-state index in [1.165, 1.54) is 23.4 Å². The van der Waals surface area contributed by atoms with Crippen molar-refractivity contribution in [2.45, 2.75) is 25.2 Å². The van der Waals surface area contributed by atoms with Crippen molar-refractivity contribution in [2.75, 3.05) is 13.6 Å². The normalized spacial score (nSPS) is 18.3. The zero-order valence-electron chi connectivity index (χ0n) is 10.8. The summed E-state index contributed by atoms with van der Waals surface area (Å²) < 4.78 is 1.02. The first-order valence-corrected chi connectivity index (χ1v) is 8.15. The fraction of sp³-hybridized carbons (Fsp3) is 0.429. The average molecular weight is 338 g/mol. The van der Waals surface area contributed by atoms with Crippen LogP contribution in [-0.4, -0.2) is 23.6 Å². The lowest BCUT2D eigenvalue weighted by atomic mass is 9.91. The first-order valence-electron chi connectivity index (χ1n) is 6.54. The minimum Gasteiger partial charge on any atom is -0.319 e. The molecule has 1 N–H and O–H groups in total. The van der Waals surface area contributed by atoms with E-state index >= 15 is 0 Å². The van der Waals surface area contributed by atoms with E-state index < -0.39 is 0 Å². The van der Waals surface area contributed by atoms with Crippen LogP contribution in [0.4, 0.5) is 0 Å². The smallest absolute Gasteiger partial charge is 0.143 e. The number of nitrogens with one attached hydrogen (secondary N) is 1. The molecule has 0 saturated heterocycles. The fourth-order valence-electron chi connectivity index (χ4n) is 2.60. The lowest BCUT2D eigenvalue weighted by Gasteiger charge is -2.20. The van der Waals surface area contributed by atoms with Gasteiger partial charge in [-0.2, -0.15) is 0 Å². The maximum atomic E-state index is 4.87. The molecule has 5 heteroatoms. The van der Waals surface area contributed by atoms with Gasteiger partial charge in [-0.1, -0.05) is 0 Å². The van der Waals surface area contributed by atoms with Crippen LogP contribution in [0, 0.1) is 0 Å². The molecule has 0 aliphatic heterocycles. The van der Waals surface area contributed by atoms with Gasteiger partial charge in [0.15, 0.2) is 0 Å². The van der Waals surface area contributed by atoms with E-state index in [1.54, 1.807) is 11.3 Å². The van der Waals surface area contributed by atoms with Crippen molar-refractivity contribution in [2.24, 2.45) is 0 Å².